The van der Waals surface area contributed by atoms with Crippen LogP contribution in [0.5, 0.6) is 11.5 Å². The molecule has 0 aliphatic rings. The first kappa shape index (κ1) is 29.9. The molecule has 0 aliphatic carbocycles. The van der Waals surface area contributed by atoms with Gasteiger partial charge in [0.15, 0.2) is 0 Å². The van der Waals surface area contributed by atoms with Crippen molar-refractivity contribution in [2.24, 2.45) is 10.2 Å². The van der Waals surface area contributed by atoms with Gasteiger partial charge in [-0.2, -0.15) is 18.6 Å². The normalized spacial score (nSPS) is 11.4. The predicted octanol–water partition coefficient (Wildman–Crippen LogP) is 3.46. The zero-order valence-corrected chi connectivity index (χ0v) is 24.6. The van der Waals surface area contributed by atoms with Gasteiger partial charge in [-0.1, -0.05) is 53.2 Å². The van der Waals surface area contributed by atoms with Crippen molar-refractivity contribution in [3.05, 3.63) is 81.8 Å². The van der Waals surface area contributed by atoms with E-state index in [0.29, 0.717) is 21.5 Å². The number of halogens is 2. The van der Waals surface area contributed by atoms with E-state index in [1.165, 1.54) is 38.3 Å². The zero-order valence-electron chi connectivity index (χ0n) is 20.3. The zero-order chi connectivity index (χ0) is 26.9. The summed E-state index contributed by atoms with van der Waals surface area (Å²) in [6.07, 6.45) is 0. The van der Waals surface area contributed by atoms with Crippen LogP contribution in [-0.4, -0.2) is 26.0 Å². The average Bonchev–Trinajstić information content (AvgIpc) is 2.83. The van der Waals surface area contributed by atoms with Gasteiger partial charge < -0.3 is 15.2 Å². The van der Waals surface area contributed by atoms with Crippen LogP contribution in [-0.2, 0) is 10.1 Å². The van der Waals surface area contributed by atoms with E-state index < -0.39 is 26.7 Å². The van der Waals surface area contributed by atoms with E-state index in [2.05, 4.69) is 15.5 Å². The van der Waals surface area contributed by atoms with Crippen molar-refractivity contribution in [2.75, 3.05) is 12.4 Å². The van der Waals surface area contributed by atoms with E-state index in [-0.39, 0.29) is 62.8 Å². The standard InChI is InChI=1S/C25H19Cl2N3O6S.Na/c1-13-19(9-8-18(27)24(13)37(33,34)35)29-30-22-16-6-4-3-5-14(16)11-17(23(22)31)25(32)28-20-12-15(26)7-10-21(20)36-2;/h3-12,31H,1-2H3,(H,28,32)(H,33,34,35);/q;+1/p-1. The molecule has 1 amide bonds. The molecule has 0 heterocycles. The molecule has 0 aliphatic heterocycles. The van der Waals surface area contributed by atoms with Gasteiger partial charge >= 0.3 is 29.6 Å². The Morgan fingerprint density at radius 3 is 2.45 bits per heavy atom. The molecule has 4 rings (SSSR count). The quantitative estimate of drug-likeness (QED) is 0.203. The molecule has 0 radical (unpaired) electrons. The predicted molar refractivity (Wildman–Crippen MR) is 140 cm³/mol. The molecule has 2 N–H and O–H groups in total. The Hall–Kier alpha value is -2.70. The summed E-state index contributed by atoms with van der Waals surface area (Å²) in [6.45, 7) is 1.39. The Balaban J connectivity index is 0.00000400. The summed E-state index contributed by atoms with van der Waals surface area (Å²) in [5, 5.41) is 25.3. The van der Waals surface area contributed by atoms with Gasteiger partial charge in [-0.05, 0) is 54.3 Å². The molecule has 0 saturated carbocycles. The van der Waals surface area contributed by atoms with Crippen LogP contribution in [0.2, 0.25) is 10.0 Å². The van der Waals surface area contributed by atoms with Gasteiger partial charge in [-0.3, -0.25) is 9.35 Å². The molecule has 0 saturated heterocycles. The number of nitrogens with zero attached hydrogens (tertiary/aromatic N) is 2. The van der Waals surface area contributed by atoms with Crippen molar-refractivity contribution < 1.29 is 57.2 Å². The molecule has 38 heavy (non-hydrogen) atoms. The molecular formula is C25H18Cl2N3NaO6S. The maximum Gasteiger partial charge on any atom is 1.00 e. The average molecular weight is 582 g/mol. The van der Waals surface area contributed by atoms with Gasteiger partial charge in [0.2, 0.25) is 0 Å². The third-order valence-electron chi connectivity index (χ3n) is 5.47. The van der Waals surface area contributed by atoms with Crippen molar-refractivity contribution in [3.63, 3.8) is 0 Å². The fourth-order valence-electron chi connectivity index (χ4n) is 3.72. The number of amides is 1. The number of carbonyl (C=O) groups excluding carboxylic acids is 1. The Bertz CT molecular complexity index is 1700. The maximum absolute atomic E-state index is 13.4. The van der Waals surface area contributed by atoms with Crippen molar-refractivity contribution in [2.45, 2.75) is 11.8 Å². The molecule has 190 valence electrons. The number of hydrogen-bond acceptors (Lipinski definition) is 7. The minimum absolute atomic E-state index is 0. The summed E-state index contributed by atoms with van der Waals surface area (Å²) in [5.41, 5.74) is 0.0203. The van der Waals surface area contributed by atoms with Crippen molar-refractivity contribution >= 4 is 67.1 Å². The van der Waals surface area contributed by atoms with Gasteiger partial charge in [0.1, 0.15) is 10.6 Å². The van der Waals surface area contributed by atoms with Gasteiger partial charge in [0.05, 0.1) is 29.2 Å². The van der Waals surface area contributed by atoms with Crippen LogP contribution in [0.25, 0.3) is 10.8 Å². The smallest absolute Gasteiger partial charge is 0.870 e. The molecule has 4 aromatic carbocycles. The number of methoxy groups -OCH3 is 1. The molecule has 0 unspecified atom stereocenters. The maximum atomic E-state index is 13.4. The SMILES string of the molecule is COc1ccc(Cl)cc1NC(=O)c1cc2ccccc2c(N=Nc2ccc(Cl)c(S(=O)(=O)O)c2C)c1[O-].[Na+]. The van der Waals surface area contributed by atoms with Crippen molar-refractivity contribution in [1.29, 1.82) is 0 Å². The van der Waals surface area contributed by atoms with Crippen molar-refractivity contribution in [3.8, 4) is 11.5 Å². The third kappa shape index (κ3) is 6.13. The fraction of sp³-hybridized carbons (Fsp3) is 0.0800. The second-order valence-electron chi connectivity index (χ2n) is 7.82. The first-order chi connectivity index (χ1) is 17.5. The minimum Gasteiger partial charge on any atom is -0.870 e. The van der Waals surface area contributed by atoms with E-state index in [9.17, 15) is 22.9 Å². The van der Waals surface area contributed by atoms with Gasteiger partial charge in [-0.25, -0.2) is 0 Å². The Labute approximate surface area is 250 Å². The van der Waals surface area contributed by atoms with E-state index in [4.69, 9.17) is 27.9 Å². The van der Waals surface area contributed by atoms with Gasteiger partial charge in [-0.15, -0.1) is 0 Å². The number of azo groups is 1. The number of rotatable bonds is 6. The van der Waals surface area contributed by atoms with E-state index >= 15 is 0 Å². The third-order valence-corrected chi connectivity index (χ3v) is 7.18. The summed E-state index contributed by atoms with van der Waals surface area (Å²) in [6, 6.07) is 15.5. The summed E-state index contributed by atoms with van der Waals surface area (Å²) < 4.78 is 38.3. The van der Waals surface area contributed by atoms with E-state index in [1.807, 2.05) is 0 Å². The number of hydrogen-bond donors (Lipinski definition) is 2. The van der Waals surface area contributed by atoms with Crippen LogP contribution in [0.15, 0.2) is 75.8 Å². The number of fused-ring (bicyclic) bond motifs is 1. The summed E-state index contributed by atoms with van der Waals surface area (Å²) >= 11 is 12.0. The molecule has 4 aromatic rings. The topological polar surface area (TPSA) is 140 Å². The largest absolute Gasteiger partial charge is 1.00 e. The molecular weight excluding hydrogens is 564 g/mol. The number of nitrogens with one attached hydrogen (secondary N) is 1. The molecule has 0 fully saturated rings. The fourth-order valence-corrected chi connectivity index (χ4v) is 5.20. The Kier molecular flexibility index (Phi) is 9.43. The second-order valence-corrected chi connectivity index (χ2v) is 10.0. The van der Waals surface area contributed by atoms with Crippen LogP contribution < -0.4 is 44.7 Å². The second kappa shape index (κ2) is 12.0. The summed E-state index contributed by atoms with van der Waals surface area (Å²) in [4.78, 5) is 12.6. The van der Waals surface area contributed by atoms with Crippen molar-refractivity contribution in [1.82, 2.24) is 0 Å². The number of ether oxygens (including phenoxy) is 1. The Morgan fingerprint density at radius 2 is 1.76 bits per heavy atom. The number of anilines is 1. The number of benzene rings is 4. The van der Waals surface area contributed by atoms with Crippen LogP contribution in [0.1, 0.15) is 15.9 Å². The van der Waals surface area contributed by atoms with Gasteiger partial charge in [0.25, 0.3) is 16.0 Å². The number of carbonyl (C=O) groups is 1. The minimum atomic E-state index is -4.64. The first-order valence-electron chi connectivity index (χ1n) is 10.6. The molecule has 0 bridgehead atoms. The van der Waals surface area contributed by atoms with Crippen LogP contribution in [0.4, 0.5) is 17.1 Å². The van der Waals surface area contributed by atoms with Crippen LogP contribution in [0.3, 0.4) is 0 Å². The summed E-state index contributed by atoms with van der Waals surface area (Å²) in [5.74, 6) is -1.08. The van der Waals surface area contributed by atoms with Crippen LogP contribution >= 0.6 is 23.2 Å². The first-order valence-corrected chi connectivity index (χ1v) is 12.8. The molecule has 0 spiro atoms. The molecule has 0 aromatic heterocycles. The monoisotopic (exact) mass is 581 g/mol. The van der Waals surface area contributed by atoms with E-state index in [0.717, 1.165) is 0 Å². The Morgan fingerprint density at radius 1 is 1.05 bits per heavy atom. The van der Waals surface area contributed by atoms with Crippen LogP contribution in [0, 0.1) is 6.92 Å². The summed E-state index contributed by atoms with van der Waals surface area (Å²) in [7, 11) is -3.21. The molecule has 13 heteroatoms. The molecule has 0 atom stereocenters. The molecule has 9 nitrogen and oxygen atoms in total. The van der Waals surface area contributed by atoms with E-state index in [1.54, 1.807) is 36.4 Å². The van der Waals surface area contributed by atoms with Gasteiger partial charge in [0, 0.05) is 16.0 Å².